The summed E-state index contributed by atoms with van der Waals surface area (Å²) in [6.45, 7) is 1.62. The zero-order valence-corrected chi connectivity index (χ0v) is 26.3. The van der Waals surface area contributed by atoms with Gasteiger partial charge in [0.2, 0.25) is 6.29 Å². The van der Waals surface area contributed by atoms with Crippen LogP contribution in [0.15, 0.2) is 54.6 Å². The summed E-state index contributed by atoms with van der Waals surface area (Å²) in [6.07, 6.45) is -8.30. The van der Waals surface area contributed by atoms with Crippen molar-refractivity contribution in [3.63, 3.8) is 0 Å². The summed E-state index contributed by atoms with van der Waals surface area (Å²) < 4.78 is 22.3. The number of nitrogens with one attached hydrogen (secondary N) is 1. The number of halogens is 1. The van der Waals surface area contributed by atoms with Gasteiger partial charge in [-0.2, -0.15) is 0 Å². The predicted octanol–water partition coefficient (Wildman–Crippen LogP) is 2.60. The van der Waals surface area contributed by atoms with Gasteiger partial charge in [0, 0.05) is 47.2 Å². The molecule has 46 heavy (non-hydrogen) atoms. The number of ether oxygens (including phenoxy) is 4. The van der Waals surface area contributed by atoms with E-state index in [0.29, 0.717) is 35.7 Å². The standard InChI is InChI=1S/C33H36ClN3O9/c1-36(2)10-11-44-19-8-9-22-17(12-19)13-23(35-22)31(41)37-16-18(15-34)26-21-7-5-4-6-20(21)25(14-24(26)37)45-33-29(40)27(38)28(39)30(46-33)32(42)43-3/h4-9,12-14,18,27-30,33,35,38-40H,10-11,15-16H2,1-3H3/t18-,27+,28+,29-,30+,33+/m1/s1. The lowest BCUT2D eigenvalue weighted by Gasteiger charge is -2.39. The largest absolute Gasteiger partial charge is 0.492 e. The summed E-state index contributed by atoms with van der Waals surface area (Å²) >= 11 is 6.46. The van der Waals surface area contributed by atoms with Crippen molar-refractivity contribution in [3.8, 4) is 11.5 Å². The third-order valence-corrected chi connectivity index (χ3v) is 8.81. The molecular weight excluding hydrogens is 618 g/mol. The monoisotopic (exact) mass is 653 g/mol. The zero-order chi connectivity index (χ0) is 32.7. The summed E-state index contributed by atoms with van der Waals surface area (Å²) in [5.41, 5.74) is 2.59. The van der Waals surface area contributed by atoms with Crippen molar-refractivity contribution < 1.29 is 43.9 Å². The maximum atomic E-state index is 14.1. The third kappa shape index (κ3) is 5.88. The van der Waals surface area contributed by atoms with Crippen LogP contribution in [0.4, 0.5) is 5.69 Å². The van der Waals surface area contributed by atoms with Gasteiger partial charge in [0.1, 0.15) is 42.1 Å². The molecule has 6 rings (SSSR count). The Hall–Kier alpha value is -3.91. The molecule has 2 aliphatic rings. The van der Waals surface area contributed by atoms with Crippen LogP contribution in [0.3, 0.4) is 0 Å². The van der Waals surface area contributed by atoms with Crippen LogP contribution >= 0.6 is 11.6 Å². The summed E-state index contributed by atoms with van der Waals surface area (Å²) in [7, 11) is 5.07. The molecule has 1 amide bonds. The Morgan fingerprint density at radius 2 is 1.80 bits per heavy atom. The number of likely N-dealkylation sites (N-methyl/N-ethyl adjacent to an activating group) is 1. The van der Waals surface area contributed by atoms with Gasteiger partial charge in [-0.1, -0.05) is 24.3 Å². The quantitative estimate of drug-likeness (QED) is 0.157. The van der Waals surface area contributed by atoms with Crippen molar-refractivity contribution >= 4 is 50.8 Å². The van der Waals surface area contributed by atoms with Gasteiger partial charge < -0.3 is 49.1 Å². The molecule has 2 aliphatic heterocycles. The Morgan fingerprint density at radius 1 is 1.04 bits per heavy atom. The highest BCUT2D eigenvalue weighted by Gasteiger charge is 2.49. The average molecular weight is 654 g/mol. The molecule has 0 unspecified atom stereocenters. The fraction of sp³-hybridized carbons (Fsp3) is 0.394. The molecule has 6 atom stereocenters. The van der Waals surface area contributed by atoms with E-state index < -0.39 is 36.7 Å². The first-order valence-electron chi connectivity index (χ1n) is 14.9. The van der Waals surface area contributed by atoms with Crippen molar-refractivity contribution in [1.29, 1.82) is 0 Å². The molecule has 1 aromatic heterocycles. The molecule has 244 valence electrons. The van der Waals surface area contributed by atoms with E-state index in [1.807, 2.05) is 61.5 Å². The van der Waals surface area contributed by atoms with Gasteiger partial charge in [0.25, 0.3) is 5.91 Å². The summed E-state index contributed by atoms with van der Waals surface area (Å²) in [6, 6.07) is 16.5. The minimum Gasteiger partial charge on any atom is -0.492 e. The van der Waals surface area contributed by atoms with E-state index >= 15 is 0 Å². The number of hydrogen-bond acceptors (Lipinski definition) is 10. The van der Waals surface area contributed by atoms with Crippen LogP contribution in [0.5, 0.6) is 11.5 Å². The molecule has 3 aromatic carbocycles. The summed E-state index contributed by atoms with van der Waals surface area (Å²) in [4.78, 5) is 33.2. The number of anilines is 1. The molecular formula is C33H36ClN3O9. The van der Waals surface area contributed by atoms with E-state index in [9.17, 15) is 24.9 Å². The fourth-order valence-corrected chi connectivity index (χ4v) is 6.27. The number of H-pyrrole nitrogens is 1. The van der Waals surface area contributed by atoms with E-state index in [4.69, 9.17) is 30.5 Å². The Labute approximate surface area is 270 Å². The highest BCUT2D eigenvalue weighted by atomic mass is 35.5. The van der Waals surface area contributed by atoms with Crippen LogP contribution in [0.25, 0.3) is 21.7 Å². The first kappa shape index (κ1) is 32.0. The second-order valence-corrected chi connectivity index (χ2v) is 12.1. The molecule has 0 spiro atoms. The van der Waals surface area contributed by atoms with Gasteiger partial charge in [0.05, 0.1) is 12.8 Å². The van der Waals surface area contributed by atoms with Crippen LogP contribution in [-0.4, -0.2) is 115 Å². The Balaban J connectivity index is 1.35. The number of esters is 1. The van der Waals surface area contributed by atoms with Crippen LogP contribution in [0.2, 0.25) is 0 Å². The van der Waals surface area contributed by atoms with E-state index in [2.05, 4.69) is 4.98 Å². The normalized spacial score (nSPS) is 24.4. The Bertz CT molecular complexity index is 1760. The van der Waals surface area contributed by atoms with Gasteiger partial charge in [-0.15, -0.1) is 11.6 Å². The number of aromatic nitrogens is 1. The van der Waals surface area contributed by atoms with Gasteiger partial charge in [-0.05, 0) is 49.3 Å². The number of carbonyl (C=O) groups is 2. The third-order valence-electron chi connectivity index (χ3n) is 8.44. The Kier molecular flexibility index (Phi) is 9.10. The second kappa shape index (κ2) is 13.1. The van der Waals surface area contributed by atoms with Crippen molar-refractivity contribution in [1.82, 2.24) is 9.88 Å². The first-order valence-corrected chi connectivity index (χ1v) is 15.4. The number of nitrogens with zero attached hydrogens (tertiary/aromatic N) is 2. The van der Waals surface area contributed by atoms with Gasteiger partial charge in [-0.25, -0.2) is 4.79 Å². The van der Waals surface area contributed by atoms with E-state index in [0.717, 1.165) is 35.5 Å². The minimum absolute atomic E-state index is 0.183. The highest BCUT2D eigenvalue weighted by molar-refractivity contribution is 6.19. The lowest BCUT2D eigenvalue weighted by molar-refractivity contribution is -0.271. The first-order chi connectivity index (χ1) is 22.1. The number of benzene rings is 3. The molecule has 3 heterocycles. The predicted molar refractivity (Wildman–Crippen MR) is 171 cm³/mol. The Morgan fingerprint density at radius 3 is 2.52 bits per heavy atom. The maximum Gasteiger partial charge on any atom is 0.337 e. The topological polar surface area (TPSA) is 154 Å². The van der Waals surface area contributed by atoms with Crippen molar-refractivity contribution in [2.75, 3.05) is 51.7 Å². The number of fused-ring (bicyclic) bond motifs is 4. The second-order valence-electron chi connectivity index (χ2n) is 11.7. The molecule has 4 aromatic rings. The number of methoxy groups -OCH3 is 1. The molecule has 13 heteroatoms. The minimum atomic E-state index is -1.75. The molecule has 0 bridgehead atoms. The number of alkyl halides is 1. The fourth-order valence-electron chi connectivity index (χ4n) is 6.02. The molecule has 0 saturated carbocycles. The molecule has 1 fully saturated rings. The van der Waals surface area contributed by atoms with Crippen LogP contribution in [-0.2, 0) is 14.3 Å². The number of carbonyl (C=O) groups excluding carboxylic acids is 2. The molecule has 12 nitrogen and oxygen atoms in total. The van der Waals surface area contributed by atoms with Crippen LogP contribution < -0.4 is 14.4 Å². The number of aromatic amines is 1. The summed E-state index contributed by atoms with van der Waals surface area (Å²) in [5, 5.41) is 33.8. The van der Waals surface area contributed by atoms with Gasteiger partial charge in [0.15, 0.2) is 6.10 Å². The van der Waals surface area contributed by atoms with E-state index in [-0.39, 0.29) is 23.5 Å². The van der Waals surface area contributed by atoms with Crippen LogP contribution in [0.1, 0.15) is 22.0 Å². The van der Waals surface area contributed by atoms with E-state index in [1.54, 1.807) is 17.0 Å². The number of rotatable bonds is 9. The lowest BCUT2D eigenvalue weighted by atomic mass is 9.95. The van der Waals surface area contributed by atoms with Gasteiger partial charge in [-0.3, -0.25) is 4.79 Å². The van der Waals surface area contributed by atoms with Gasteiger partial charge >= 0.3 is 5.97 Å². The molecule has 0 radical (unpaired) electrons. The molecule has 0 aliphatic carbocycles. The average Bonchev–Trinajstić information content (AvgIpc) is 3.65. The number of aliphatic hydroxyl groups is 3. The van der Waals surface area contributed by atoms with Crippen molar-refractivity contribution in [2.24, 2.45) is 0 Å². The van der Waals surface area contributed by atoms with Crippen LogP contribution in [0, 0.1) is 0 Å². The molecule has 4 N–H and O–H groups in total. The number of aliphatic hydroxyl groups excluding tert-OH is 3. The molecule has 1 saturated heterocycles. The van der Waals surface area contributed by atoms with Crippen molar-refractivity contribution in [3.05, 3.63) is 65.9 Å². The highest BCUT2D eigenvalue weighted by Crippen LogP contribution is 2.46. The summed E-state index contributed by atoms with van der Waals surface area (Å²) in [5.74, 6) is -0.199. The smallest absolute Gasteiger partial charge is 0.337 e. The SMILES string of the molecule is COC(=O)[C@H]1O[C@H](Oc2cc3c(c4ccccc24)[C@H](CCl)CN3C(=O)c2cc3cc(OCCN(C)C)ccc3[nH]2)[C@H](O)[C@@H](O)[C@@H]1O. The maximum absolute atomic E-state index is 14.1. The lowest BCUT2D eigenvalue weighted by Crippen LogP contribution is -2.61. The zero-order valence-electron chi connectivity index (χ0n) is 25.6. The number of hydrogen-bond donors (Lipinski definition) is 4. The van der Waals surface area contributed by atoms with E-state index in [1.165, 1.54) is 0 Å². The number of amides is 1. The van der Waals surface area contributed by atoms with Crippen molar-refractivity contribution in [2.45, 2.75) is 36.6 Å².